The van der Waals surface area contributed by atoms with E-state index in [2.05, 4.69) is 21.2 Å². The number of carbonyl (C=O) groups is 1. The van der Waals surface area contributed by atoms with E-state index in [-0.39, 0.29) is 16.3 Å². The van der Waals surface area contributed by atoms with E-state index in [0.29, 0.717) is 24.7 Å². The Kier molecular flexibility index (Phi) is 6.57. The summed E-state index contributed by atoms with van der Waals surface area (Å²) < 4.78 is 53.7. The summed E-state index contributed by atoms with van der Waals surface area (Å²) in [5.41, 5.74) is 1.43. The van der Waals surface area contributed by atoms with E-state index in [1.807, 2.05) is 6.92 Å². The lowest BCUT2D eigenvalue weighted by molar-refractivity contribution is -0.114. The van der Waals surface area contributed by atoms with Crippen LogP contribution >= 0.6 is 15.9 Å². The minimum absolute atomic E-state index is 0.0204. The van der Waals surface area contributed by atoms with Crippen LogP contribution in [-0.4, -0.2) is 34.1 Å². The van der Waals surface area contributed by atoms with Crippen molar-refractivity contribution in [2.45, 2.75) is 11.8 Å². The first-order chi connectivity index (χ1) is 15.7. The molecule has 0 fully saturated rings. The Morgan fingerprint density at radius 1 is 1.06 bits per heavy atom. The predicted octanol–water partition coefficient (Wildman–Crippen LogP) is 4.50. The van der Waals surface area contributed by atoms with Crippen molar-refractivity contribution in [2.75, 3.05) is 29.4 Å². The van der Waals surface area contributed by atoms with Gasteiger partial charge in [0.15, 0.2) is 11.5 Å². The molecule has 0 saturated heterocycles. The van der Waals surface area contributed by atoms with Crippen LogP contribution in [0.5, 0.6) is 11.5 Å². The number of sulfonamides is 1. The van der Waals surface area contributed by atoms with Crippen LogP contribution in [0.25, 0.3) is 0 Å². The van der Waals surface area contributed by atoms with E-state index in [1.165, 1.54) is 36.4 Å². The van der Waals surface area contributed by atoms with Gasteiger partial charge in [-0.05, 0) is 61.0 Å². The molecule has 172 valence electrons. The Labute approximate surface area is 199 Å². The van der Waals surface area contributed by atoms with Gasteiger partial charge in [0.25, 0.3) is 10.0 Å². The Hall–Kier alpha value is -3.11. The van der Waals surface area contributed by atoms with E-state index in [0.717, 1.165) is 20.4 Å². The summed E-state index contributed by atoms with van der Waals surface area (Å²) in [4.78, 5) is 12.7. The van der Waals surface area contributed by atoms with Crippen molar-refractivity contribution in [2.24, 2.45) is 0 Å². The normalized spacial score (nSPS) is 12.8. The fourth-order valence-corrected chi connectivity index (χ4v) is 4.99. The zero-order valence-corrected chi connectivity index (χ0v) is 19.9. The van der Waals surface area contributed by atoms with E-state index in [1.54, 1.807) is 18.2 Å². The molecule has 0 unspecified atom stereocenters. The van der Waals surface area contributed by atoms with Gasteiger partial charge < -0.3 is 14.8 Å². The van der Waals surface area contributed by atoms with Crippen LogP contribution in [0.3, 0.4) is 0 Å². The number of aryl methyl sites for hydroxylation is 1. The number of amides is 1. The summed E-state index contributed by atoms with van der Waals surface area (Å²) in [6.45, 7) is 1.96. The number of carbonyl (C=O) groups excluding carboxylic acids is 1. The molecule has 4 rings (SSSR count). The highest BCUT2D eigenvalue weighted by atomic mass is 79.9. The molecule has 0 atom stereocenters. The van der Waals surface area contributed by atoms with E-state index >= 15 is 0 Å². The summed E-state index contributed by atoms with van der Waals surface area (Å²) in [7, 11) is -4.24. The predicted molar refractivity (Wildman–Crippen MR) is 126 cm³/mol. The molecule has 0 radical (unpaired) electrons. The topological polar surface area (TPSA) is 84.9 Å². The molecule has 0 aromatic heterocycles. The second kappa shape index (κ2) is 9.40. The fourth-order valence-electron chi connectivity index (χ4n) is 3.31. The van der Waals surface area contributed by atoms with Crippen LogP contribution in [0.15, 0.2) is 70.0 Å². The second-order valence-corrected chi connectivity index (χ2v) is 10.0. The molecule has 1 N–H and O–H groups in total. The van der Waals surface area contributed by atoms with Crippen LogP contribution < -0.4 is 19.1 Å². The first-order valence-corrected chi connectivity index (χ1v) is 12.2. The number of anilines is 2. The number of hydrogen-bond donors (Lipinski definition) is 1. The van der Waals surface area contributed by atoms with Crippen LogP contribution in [-0.2, 0) is 14.8 Å². The lowest BCUT2D eigenvalue weighted by Gasteiger charge is -2.25. The molecule has 33 heavy (non-hydrogen) atoms. The average Bonchev–Trinajstić information content (AvgIpc) is 2.79. The largest absolute Gasteiger partial charge is 0.486 e. The first kappa shape index (κ1) is 23.1. The zero-order chi connectivity index (χ0) is 23.6. The fraction of sp³-hybridized carbons (Fsp3) is 0.174. The van der Waals surface area contributed by atoms with Crippen molar-refractivity contribution in [3.05, 3.63) is 76.5 Å². The molecule has 3 aromatic rings. The van der Waals surface area contributed by atoms with E-state index in [4.69, 9.17) is 9.47 Å². The van der Waals surface area contributed by atoms with Gasteiger partial charge in [0.05, 0.1) is 10.6 Å². The Bertz CT molecular complexity index is 1320. The molecule has 1 aliphatic heterocycles. The van der Waals surface area contributed by atoms with E-state index < -0.39 is 28.3 Å². The van der Waals surface area contributed by atoms with Crippen molar-refractivity contribution < 1.29 is 27.1 Å². The smallest absolute Gasteiger partial charge is 0.264 e. The molecule has 0 bridgehead atoms. The third-order valence-electron chi connectivity index (χ3n) is 4.93. The standard InChI is InChI=1S/C23H20BrFN2O5S/c1-15-11-17(5-7-20(15)24)26-23(28)14-27(18-4-2-3-16(25)12-18)33(29,30)19-6-8-21-22(13-19)32-10-9-31-21/h2-8,11-13H,9-10,14H2,1H3,(H,26,28). The molecule has 0 spiro atoms. The van der Waals surface area contributed by atoms with Crippen molar-refractivity contribution >= 4 is 43.2 Å². The van der Waals surface area contributed by atoms with Crippen LogP contribution in [0, 0.1) is 12.7 Å². The first-order valence-electron chi connectivity index (χ1n) is 9.98. The molecule has 10 heteroatoms. The molecule has 7 nitrogen and oxygen atoms in total. The summed E-state index contributed by atoms with van der Waals surface area (Å²) in [6.07, 6.45) is 0. The SMILES string of the molecule is Cc1cc(NC(=O)CN(c2cccc(F)c2)S(=O)(=O)c2ccc3c(c2)OCCO3)ccc1Br. The zero-order valence-electron chi connectivity index (χ0n) is 17.5. The van der Waals surface area contributed by atoms with Crippen LogP contribution in [0.2, 0.25) is 0 Å². The Morgan fingerprint density at radius 2 is 1.82 bits per heavy atom. The maximum atomic E-state index is 13.9. The highest BCUT2D eigenvalue weighted by Crippen LogP contribution is 2.34. The Balaban J connectivity index is 1.67. The molecule has 0 saturated carbocycles. The second-order valence-electron chi connectivity index (χ2n) is 7.31. The van der Waals surface area contributed by atoms with E-state index in [9.17, 15) is 17.6 Å². The Morgan fingerprint density at radius 3 is 2.55 bits per heavy atom. The van der Waals surface area contributed by atoms with Gasteiger partial charge in [-0.25, -0.2) is 12.8 Å². The average molecular weight is 535 g/mol. The number of benzene rings is 3. The molecular formula is C23H20BrFN2O5S. The third-order valence-corrected chi connectivity index (χ3v) is 7.59. The van der Waals surface area contributed by atoms with Crippen molar-refractivity contribution in [1.82, 2.24) is 0 Å². The van der Waals surface area contributed by atoms with Gasteiger partial charge in [0.1, 0.15) is 25.6 Å². The van der Waals surface area contributed by atoms with Gasteiger partial charge in [-0.2, -0.15) is 0 Å². The molecule has 1 amide bonds. The maximum Gasteiger partial charge on any atom is 0.264 e. The highest BCUT2D eigenvalue weighted by Gasteiger charge is 2.29. The van der Waals surface area contributed by atoms with Gasteiger partial charge in [-0.15, -0.1) is 0 Å². The van der Waals surface area contributed by atoms with Gasteiger partial charge in [0.2, 0.25) is 5.91 Å². The van der Waals surface area contributed by atoms with Crippen molar-refractivity contribution in [3.8, 4) is 11.5 Å². The number of halogens is 2. The van der Waals surface area contributed by atoms with Crippen molar-refractivity contribution in [1.29, 1.82) is 0 Å². The third kappa shape index (κ3) is 5.12. The lowest BCUT2D eigenvalue weighted by atomic mass is 10.2. The minimum Gasteiger partial charge on any atom is -0.486 e. The number of hydrogen-bond acceptors (Lipinski definition) is 5. The number of nitrogens with zero attached hydrogens (tertiary/aromatic N) is 1. The van der Waals surface area contributed by atoms with Crippen LogP contribution in [0.4, 0.5) is 15.8 Å². The van der Waals surface area contributed by atoms with Crippen LogP contribution in [0.1, 0.15) is 5.56 Å². The number of nitrogens with one attached hydrogen (secondary N) is 1. The summed E-state index contributed by atoms with van der Waals surface area (Å²) in [5, 5.41) is 2.69. The molecule has 3 aromatic carbocycles. The van der Waals surface area contributed by atoms with Crippen molar-refractivity contribution in [3.63, 3.8) is 0 Å². The molecule has 1 heterocycles. The number of ether oxygens (including phenoxy) is 2. The lowest BCUT2D eigenvalue weighted by Crippen LogP contribution is -2.38. The van der Waals surface area contributed by atoms with Gasteiger partial charge >= 0.3 is 0 Å². The van der Waals surface area contributed by atoms with Gasteiger partial charge in [0, 0.05) is 16.2 Å². The van der Waals surface area contributed by atoms with Gasteiger partial charge in [-0.1, -0.05) is 22.0 Å². The van der Waals surface area contributed by atoms with Gasteiger partial charge in [-0.3, -0.25) is 9.10 Å². The highest BCUT2D eigenvalue weighted by molar-refractivity contribution is 9.10. The monoisotopic (exact) mass is 534 g/mol. The summed E-state index contributed by atoms with van der Waals surface area (Å²) >= 11 is 3.40. The minimum atomic E-state index is -4.24. The molecule has 0 aliphatic carbocycles. The number of rotatable bonds is 6. The quantitative estimate of drug-likeness (QED) is 0.503. The summed E-state index contributed by atoms with van der Waals surface area (Å²) in [6, 6.07) is 14.5. The maximum absolute atomic E-state index is 13.9. The molecule has 1 aliphatic rings. The molecular weight excluding hydrogens is 515 g/mol. The number of fused-ring (bicyclic) bond motifs is 1. The summed E-state index contributed by atoms with van der Waals surface area (Å²) in [5.74, 6) is -0.488.